The molecule has 3 aromatic rings. The number of imidazole rings is 1. The molecule has 4 heterocycles. The lowest BCUT2D eigenvalue weighted by Gasteiger charge is -2.47. The molecule has 0 radical (unpaired) electrons. The van der Waals surface area contributed by atoms with E-state index in [2.05, 4.69) is 26.0 Å². The highest BCUT2D eigenvalue weighted by atomic mass is 15.4. The molecular weight excluding hydrogens is 354 g/mol. The summed E-state index contributed by atoms with van der Waals surface area (Å²) in [5.74, 6) is 0.708. The number of fused-ring (bicyclic) bond motifs is 1. The molecule has 0 aliphatic carbocycles. The minimum atomic E-state index is -0.287. The molecule has 1 aliphatic heterocycles. The second-order valence-corrected chi connectivity index (χ2v) is 7.03. The van der Waals surface area contributed by atoms with Gasteiger partial charge in [0.2, 0.25) is 0 Å². The first-order chi connectivity index (χ1) is 13.6. The summed E-state index contributed by atoms with van der Waals surface area (Å²) in [7, 11) is 3.73. The van der Waals surface area contributed by atoms with Crippen LogP contribution < -0.4 is 5.73 Å². The Hall–Kier alpha value is -3.51. The summed E-state index contributed by atoms with van der Waals surface area (Å²) in [4.78, 5) is 15.4. The highest BCUT2D eigenvalue weighted by Gasteiger charge is 2.43. The maximum Gasteiger partial charge on any atom is 0.149 e. The van der Waals surface area contributed by atoms with Crippen molar-refractivity contribution in [1.82, 2.24) is 29.0 Å². The van der Waals surface area contributed by atoms with Gasteiger partial charge in [-0.3, -0.25) is 14.1 Å². The van der Waals surface area contributed by atoms with Crippen molar-refractivity contribution in [2.75, 3.05) is 27.2 Å². The van der Waals surface area contributed by atoms with Crippen LogP contribution in [0.15, 0.2) is 42.0 Å². The van der Waals surface area contributed by atoms with Crippen molar-refractivity contribution < 1.29 is 0 Å². The minimum Gasteiger partial charge on any atom is -0.404 e. The number of likely N-dealkylation sites (N-methyl/N-ethyl adjacent to an activating group) is 1. The minimum absolute atomic E-state index is 0.287. The number of nitrogens with zero attached hydrogens (tertiary/aromatic N) is 8. The molecule has 0 spiro atoms. The van der Waals surface area contributed by atoms with E-state index in [0.717, 1.165) is 24.3 Å². The Morgan fingerprint density at radius 3 is 2.96 bits per heavy atom. The second kappa shape index (κ2) is 6.90. The molecule has 0 atom stereocenters. The average molecular weight is 375 g/mol. The number of aliphatic imine (C=N–C) groups is 1. The Kier molecular flexibility index (Phi) is 4.41. The van der Waals surface area contributed by atoms with Gasteiger partial charge in [0.15, 0.2) is 0 Å². The van der Waals surface area contributed by atoms with Gasteiger partial charge in [-0.1, -0.05) is 0 Å². The van der Waals surface area contributed by atoms with E-state index in [0.29, 0.717) is 23.5 Å². The van der Waals surface area contributed by atoms with Crippen molar-refractivity contribution in [1.29, 1.82) is 5.26 Å². The van der Waals surface area contributed by atoms with Gasteiger partial charge >= 0.3 is 0 Å². The van der Waals surface area contributed by atoms with Crippen molar-refractivity contribution in [2.45, 2.75) is 12.0 Å². The maximum atomic E-state index is 9.26. The number of nitrogens with two attached hydrogens (primary N) is 1. The monoisotopic (exact) mass is 375 g/mol. The number of nitriles is 1. The van der Waals surface area contributed by atoms with E-state index in [4.69, 9.17) is 10.7 Å². The molecule has 0 aromatic carbocycles. The fraction of sp³-hybridized carbons (Fsp3) is 0.316. The molecule has 4 rings (SSSR count). The van der Waals surface area contributed by atoms with E-state index < -0.39 is 0 Å². The average Bonchev–Trinajstić information content (AvgIpc) is 3.33. The van der Waals surface area contributed by atoms with Gasteiger partial charge in [0.05, 0.1) is 29.9 Å². The summed E-state index contributed by atoms with van der Waals surface area (Å²) in [5, 5.41) is 13.8. The molecule has 0 amide bonds. The van der Waals surface area contributed by atoms with Crippen LogP contribution in [0.4, 0.5) is 0 Å². The molecule has 3 aromatic heterocycles. The predicted molar refractivity (Wildman–Crippen MR) is 106 cm³/mol. The molecule has 1 aliphatic rings. The summed E-state index contributed by atoms with van der Waals surface area (Å²) >= 11 is 0. The van der Waals surface area contributed by atoms with E-state index in [9.17, 15) is 5.26 Å². The molecule has 9 heteroatoms. The summed E-state index contributed by atoms with van der Waals surface area (Å²) in [6.07, 6.45) is 10.9. The summed E-state index contributed by atoms with van der Waals surface area (Å²) in [5.41, 5.74) is 8.47. The third kappa shape index (κ3) is 2.84. The molecule has 0 unspecified atom stereocenters. The highest BCUT2D eigenvalue weighted by molar-refractivity contribution is 6.09. The number of hydrogen-bond donors (Lipinski definition) is 1. The van der Waals surface area contributed by atoms with Crippen LogP contribution in [0.5, 0.6) is 0 Å². The van der Waals surface area contributed by atoms with Crippen LogP contribution in [0.1, 0.15) is 12.1 Å². The van der Waals surface area contributed by atoms with Crippen LogP contribution >= 0.6 is 0 Å². The van der Waals surface area contributed by atoms with Crippen LogP contribution in [-0.4, -0.2) is 62.4 Å². The number of hydrogen-bond acceptors (Lipinski definition) is 7. The van der Waals surface area contributed by atoms with Crippen LogP contribution in [0, 0.1) is 11.3 Å². The third-order valence-corrected chi connectivity index (χ3v) is 5.00. The van der Waals surface area contributed by atoms with Crippen molar-refractivity contribution in [3.05, 3.63) is 42.7 Å². The zero-order valence-electron chi connectivity index (χ0n) is 15.8. The van der Waals surface area contributed by atoms with Gasteiger partial charge in [0.1, 0.15) is 17.0 Å². The predicted octanol–water partition coefficient (Wildman–Crippen LogP) is 1.15. The Morgan fingerprint density at radius 1 is 1.46 bits per heavy atom. The van der Waals surface area contributed by atoms with Crippen molar-refractivity contribution in [3.63, 3.8) is 0 Å². The zero-order valence-corrected chi connectivity index (χ0v) is 15.8. The van der Waals surface area contributed by atoms with E-state index in [1.54, 1.807) is 25.7 Å². The summed E-state index contributed by atoms with van der Waals surface area (Å²) < 4.78 is 3.81. The molecule has 9 nitrogen and oxygen atoms in total. The first-order valence-corrected chi connectivity index (χ1v) is 8.90. The van der Waals surface area contributed by atoms with E-state index in [1.165, 1.54) is 6.20 Å². The van der Waals surface area contributed by atoms with Gasteiger partial charge in [0.25, 0.3) is 0 Å². The van der Waals surface area contributed by atoms with Crippen molar-refractivity contribution >= 4 is 17.4 Å². The maximum absolute atomic E-state index is 9.26. The largest absolute Gasteiger partial charge is 0.404 e. The van der Waals surface area contributed by atoms with E-state index in [1.807, 2.05) is 34.6 Å². The first kappa shape index (κ1) is 17.9. The quantitative estimate of drug-likeness (QED) is 0.669. The molecule has 28 heavy (non-hydrogen) atoms. The molecule has 1 saturated heterocycles. The van der Waals surface area contributed by atoms with Crippen LogP contribution in [-0.2, 0) is 5.54 Å². The molecule has 0 bridgehead atoms. The van der Waals surface area contributed by atoms with Crippen molar-refractivity contribution in [3.8, 4) is 17.5 Å². The lowest BCUT2D eigenvalue weighted by Crippen LogP contribution is -2.61. The van der Waals surface area contributed by atoms with Gasteiger partial charge in [-0.15, -0.1) is 0 Å². The Labute approximate surface area is 162 Å². The Morgan fingerprint density at radius 2 is 2.29 bits per heavy atom. The van der Waals surface area contributed by atoms with Gasteiger partial charge in [0, 0.05) is 62.8 Å². The van der Waals surface area contributed by atoms with Crippen LogP contribution in [0.3, 0.4) is 0 Å². The molecule has 0 saturated carbocycles. The molecule has 142 valence electrons. The topological polar surface area (TPSA) is 113 Å². The molecular formula is C19H21N9. The van der Waals surface area contributed by atoms with Gasteiger partial charge < -0.3 is 10.6 Å². The SMILES string of the molecule is CN=CC(=CN)c1cc2nccn2c(-c2cnn(C3(CC#N)CN(C)C3)c2)n1. The normalized spacial score (nSPS) is 17.1. The lowest BCUT2D eigenvalue weighted by molar-refractivity contribution is 0.0265. The van der Waals surface area contributed by atoms with Gasteiger partial charge in [-0.2, -0.15) is 10.4 Å². The fourth-order valence-electron chi connectivity index (χ4n) is 3.75. The second-order valence-electron chi connectivity index (χ2n) is 7.03. The Balaban J connectivity index is 1.81. The van der Waals surface area contributed by atoms with E-state index >= 15 is 0 Å². The number of likely N-dealkylation sites (tertiary alicyclic amines) is 1. The summed E-state index contributed by atoms with van der Waals surface area (Å²) in [6.45, 7) is 1.59. The summed E-state index contributed by atoms with van der Waals surface area (Å²) in [6, 6.07) is 4.16. The number of rotatable bonds is 5. The number of allylic oxidation sites excluding steroid dienone is 1. The fourth-order valence-corrected chi connectivity index (χ4v) is 3.75. The third-order valence-electron chi connectivity index (χ3n) is 5.00. The van der Waals surface area contributed by atoms with Crippen LogP contribution in [0.25, 0.3) is 22.6 Å². The lowest BCUT2D eigenvalue weighted by atomic mass is 9.87. The highest BCUT2D eigenvalue weighted by Crippen LogP contribution is 2.32. The first-order valence-electron chi connectivity index (χ1n) is 8.90. The molecule has 1 fully saturated rings. The number of aromatic nitrogens is 5. The van der Waals surface area contributed by atoms with Gasteiger partial charge in [-0.25, -0.2) is 9.97 Å². The Bertz CT molecular complexity index is 1110. The standard InChI is InChI=1S/C19H21N9/c1-22-9-14(8-21)16-7-17-23-5-6-27(17)18(25-16)15-10-24-28(11-15)19(3-4-20)12-26(2)13-19/h5-11H,3,12-13,21H2,1-2H3. The molecule has 2 N–H and O–H groups in total. The van der Waals surface area contributed by atoms with E-state index in [-0.39, 0.29) is 5.54 Å². The van der Waals surface area contributed by atoms with Gasteiger partial charge in [-0.05, 0) is 7.05 Å². The van der Waals surface area contributed by atoms with Crippen LogP contribution in [0.2, 0.25) is 0 Å². The zero-order chi connectivity index (χ0) is 19.7. The smallest absolute Gasteiger partial charge is 0.149 e. The van der Waals surface area contributed by atoms with Crippen molar-refractivity contribution in [2.24, 2.45) is 10.7 Å².